The minimum absolute atomic E-state index is 0.624. The van der Waals surface area contributed by atoms with Crippen LogP contribution in [0.25, 0.3) is 11.3 Å². The van der Waals surface area contributed by atoms with Gasteiger partial charge >= 0.3 is 0 Å². The molecule has 2 aromatic rings. The lowest BCUT2D eigenvalue weighted by molar-refractivity contribution is 1.34. The summed E-state index contributed by atoms with van der Waals surface area (Å²) in [6, 6.07) is 12.1. The molecule has 3 N–H and O–H groups in total. The number of anilines is 2. The van der Waals surface area contributed by atoms with Gasteiger partial charge in [-0.05, 0) is 23.8 Å². The average molecular weight is 258 g/mol. The molecule has 18 heavy (non-hydrogen) atoms. The lowest BCUT2D eigenvalue weighted by Crippen LogP contribution is -1.90. The summed E-state index contributed by atoms with van der Waals surface area (Å²) in [6.45, 7) is 0. The predicted molar refractivity (Wildman–Crippen MR) is 77.6 cm³/mol. The molecule has 0 bridgehead atoms. The van der Waals surface area contributed by atoms with Crippen molar-refractivity contribution in [2.24, 2.45) is 0 Å². The van der Waals surface area contributed by atoms with Crippen molar-refractivity contribution in [2.45, 2.75) is 0 Å². The first-order chi connectivity index (χ1) is 8.78. The quantitative estimate of drug-likeness (QED) is 0.736. The smallest absolute Gasteiger partial charge is 0.121 e. The Bertz CT molecular complexity index is 566. The molecule has 0 aliphatic rings. The maximum absolute atomic E-state index is 9.00. The zero-order chi connectivity index (χ0) is 13.0. The van der Waals surface area contributed by atoms with Gasteiger partial charge in [-0.25, -0.2) is 0 Å². The third kappa shape index (κ3) is 2.44. The van der Waals surface area contributed by atoms with E-state index < -0.39 is 0 Å². The summed E-state index contributed by atoms with van der Waals surface area (Å²) in [5, 5.41) is 12.0. The van der Waals surface area contributed by atoms with Gasteiger partial charge in [0.1, 0.15) is 11.9 Å². The number of benzene rings is 1. The van der Waals surface area contributed by atoms with Gasteiger partial charge in [-0.2, -0.15) is 5.26 Å². The maximum atomic E-state index is 9.00. The number of nitrogens with zero attached hydrogens (tertiary/aromatic N) is 1. The molecule has 0 amide bonds. The molecular weight excluding hydrogens is 244 g/mol. The van der Waals surface area contributed by atoms with Crippen molar-refractivity contribution in [1.82, 2.24) is 4.98 Å². The van der Waals surface area contributed by atoms with Crippen molar-refractivity contribution in [3.63, 3.8) is 0 Å². The highest BCUT2D eigenvalue weighted by atomic mass is 32.2. The van der Waals surface area contributed by atoms with Crippen LogP contribution in [0.3, 0.4) is 0 Å². The summed E-state index contributed by atoms with van der Waals surface area (Å²) in [4.78, 5) is 3.19. The SMILES string of the molecule is CNc1[nH]c(-c2ccc(NSC)cc2)cc1C#N. The number of nitriles is 1. The van der Waals surface area contributed by atoms with Gasteiger partial charge in [0, 0.05) is 24.7 Å². The van der Waals surface area contributed by atoms with Crippen molar-refractivity contribution in [2.75, 3.05) is 23.3 Å². The van der Waals surface area contributed by atoms with E-state index in [1.54, 1.807) is 19.0 Å². The van der Waals surface area contributed by atoms with Crippen LogP contribution in [0.5, 0.6) is 0 Å². The largest absolute Gasteiger partial charge is 0.374 e. The normalized spacial score (nSPS) is 9.83. The van der Waals surface area contributed by atoms with Crippen LogP contribution >= 0.6 is 11.9 Å². The molecule has 0 saturated carbocycles. The number of H-pyrrole nitrogens is 1. The molecule has 0 spiro atoms. The summed E-state index contributed by atoms with van der Waals surface area (Å²) in [7, 11) is 1.79. The van der Waals surface area contributed by atoms with E-state index in [4.69, 9.17) is 5.26 Å². The lowest BCUT2D eigenvalue weighted by atomic mass is 10.1. The molecular formula is C13H14N4S. The van der Waals surface area contributed by atoms with Crippen LogP contribution in [0.2, 0.25) is 0 Å². The highest BCUT2D eigenvalue weighted by Crippen LogP contribution is 2.25. The van der Waals surface area contributed by atoms with Crippen LogP contribution in [-0.4, -0.2) is 18.3 Å². The highest BCUT2D eigenvalue weighted by molar-refractivity contribution is 7.99. The van der Waals surface area contributed by atoms with E-state index in [2.05, 4.69) is 21.1 Å². The fourth-order valence-corrected chi connectivity index (χ4v) is 2.10. The molecule has 4 nitrogen and oxygen atoms in total. The highest BCUT2D eigenvalue weighted by Gasteiger charge is 2.07. The fraction of sp³-hybridized carbons (Fsp3) is 0.154. The van der Waals surface area contributed by atoms with Crippen molar-refractivity contribution >= 4 is 23.5 Å². The zero-order valence-corrected chi connectivity index (χ0v) is 11.1. The minimum atomic E-state index is 0.624. The second-order valence-corrected chi connectivity index (χ2v) is 4.33. The third-order valence-electron chi connectivity index (χ3n) is 2.60. The van der Waals surface area contributed by atoms with E-state index in [1.165, 1.54) is 0 Å². The van der Waals surface area contributed by atoms with Crippen molar-refractivity contribution in [3.05, 3.63) is 35.9 Å². The van der Waals surface area contributed by atoms with Gasteiger partial charge in [0.05, 0.1) is 5.56 Å². The van der Waals surface area contributed by atoms with Crippen LogP contribution in [0.1, 0.15) is 5.56 Å². The second kappa shape index (κ2) is 5.52. The van der Waals surface area contributed by atoms with E-state index in [0.717, 1.165) is 22.8 Å². The zero-order valence-electron chi connectivity index (χ0n) is 10.2. The Kier molecular flexibility index (Phi) is 3.80. The topological polar surface area (TPSA) is 63.6 Å². The molecule has 5 heteroatoms. The summed E-state index contributed by atoms with van der Waals surface area (Å²) < 4.78 is 3.17. The van der Waals surface area contributed by atoms with Gasteiger partial charge in [0.2, 0.25) is 0 Å². The molecule has 1 aromatic heterocycles. The Morgan fingerprint density at radius 2 is 2.00 bits per heavy atom. The van der Waals surface area contributed by atoms with Crippen LogP contribution in [-0.2, 0) is 0 Å². The standard InChI is InChI=1S/C13H14N4S/c1-15-13-10(8-14)7-12(16-13)9-3-5-11(6-4-9)17-18-2/h3-7,15-17H,1-2H3. The van der Waals surface area contributed by atoms with E-state index in [0.29, 0.717) is 5.56 Å². The third-order valence-corrected chi connectivity index (χ3v) is 3.04. The Labute approximate surface area is 111 Å². The molecule has 0 radical (unpaired) electrons. The second-order valence-electron chi connectivity index (χ2n) is 3.72. The molecule has 2 rings (SSSR count). The van der Waals surface area contributed by atoms with Gasteiger partial charge in [0.15, 0.2) is 0 Å². The van der Waals surface area contributed by atoms with Crippen LogP contribution < -0.4 is 10.0 Å². The first-order valence-electron chi connectivity index (χ1n) is 5.48. The predicted octanol–water partition coefficient (Wildman–Crippen LogP) is 3.28. The molecule has 1 heterocycles. The number of aromatic amines is 1. The number of hydrogen-bond donors (Lipinski definition) is 3. The number of aromatic nitrogens is 1. The summed E-state index contributed by atoms with van der Waals surface area (Å²) in [5.41, 5.74) is 3.68. The fourth-order valence-electron chi connectivity index (χ4n) is 1.73. The van der Waals surface area contributed by atoms with E-state index in [9.17, 15) is 0 Å². The van der Waals surface area contributed by atoms with Gasteiger partial charge < -0.3 is 15.0 Å². The number of rotatable bonds is 4. The van der Waals surface area contributed by atoms with Gasteiger partial charge in [-0.1, -0.05) is 24.1 Å². The molecule has 92 valence electrons. The number of hydrogen-bond acceptors (Lipinski definition) is 4. The van der Waals surface area contributed by atoms with Gasteiger partial charge in [-0.3, -0.25) is 0 Å². The molecule has 1 aromatic carbocycles. The van der Waals surface area contributed by atoms with E-state index in [1.807, 2.05) is 36.6 Å². The van der Waals surface area contributed by atoms with E-state index >= 15 is 0 Å². The van der Waals surface area contributed by atoms with Crippen molar-refractivity contribution in [3.8, 4) is 17.3 Å². The average Bonchev–Trinajstić information content (AvgIpc) is 2.83. The van der Waals surface area contributed by atoms with Gasteiger partial charge in [0.25, 0.3) is 0 Å². The Balaban J connectivity index is 2.31. The van der Waals surface area contributed by atoms with Crippen LogP contribution in [0, 0.1) is 11.3 Å². The first kappa shape index (κ1) is 12.4. The van der Waals surface area contributed by atoms with Gasteiger partial charge in [-0.15, -0.1) is 0 Å². The van der Waals surface area contributed by atoms with Crippen molar-refractivity contribution < 1.29 is 0 Å². The first-order valence-corrected chi connectivity index (χ1v) is 6.71. The monoisotopic (exact) mass is 258 g/mol. The summed E-state index contributed by atoms with van der Waals surface area (Å²) >= 11 is 1.56. The van der Waals surface area contributed by atoms with E-state index in [-0.39, 0.29) is 0 Å². The molecule has 0 saturated heterocycles. The molecule has 0 aliphatic heterocycles. The van der Waals surface area contributed by atoms with Crippen molar-refractivity contribution in [1.29, 1.82) is 5.26 Å². The maximum Gasteiger partial charge on any atom is 0.121 e. The summed E-state index contributed by atoms with van der Waals surface area (Å²) in [6.07, 6.45) is 1.98. The Morgan fingerprint density at radius 1 is 1.28 bits per heavy atom. The molecule has 0 aliphatic carbocycles. The number of nitrogens with one attached hydrogen (secondary N) is 3. The lowest BCUT2D eigenvalue weighted by Gasteiger charge is -2.03. The Morgan fingerprint density at radius 3 is 2.50 bits per heavy atom. The summed E-state index contributed by atoms with van der Waals surface area (Å²) in [5.74, 6) is 0.749. The van der Waals surface area contributed by atoms with Crippen LogP contribution in [0.15, 0.2) is 30.3 Å². The molecule has 0 atom stereocenters. The minimum Gasteiger partial charge on any atom is -0.374 e. The molecule has 0 fully saturated rings. The molecule has 0 unspecified atom stereocenters. The Hall–Kier alpha value is -2.06. The van der Waals surface area contributed by atoms with Crippen LogP contribution in [0.4, 0.5) is 11.5 Å².